The van der Waals surface area contributed by atoms with E-state index in [0.717, 1.165) is 33.1 Å². The van der Waals surface area contributed by atoms with Crippen molar-refractivity contribution in [2.24, 2.45) is 0 Å². The van der Waals surface area contributed by atoms with Gasteiger partial charge in [0.25, 0.3) is 0 Å². The Labute approximate surface area is 137 Å². The number of allylic oxidation sites excluding steroid dienone is 5. The third-order valence-corrected chi connectivity index (χ3v) is 4.84. The van der Waals surface area contributed by atoms with Crippen molar-refractivity contribution in [1.29, 1.82) is 0 Å². The van der Waals surface area contributed by atoms with Crippen LogP contribution >= 0.6 is 31.9 Å². The lowest BCUT2D eigenvalue weighted by Crippen LogP contribution is -1.98. The molecule has 1 aliphatic carbocycles. The third-order valence-electron chi connectivity index (χ3n) is 3.44. The molecular weight excluding hydrogens is 380 g/mol. The van der Waals surface area contributed by atoms with Crippen molar-refractivity contribution in [2.45, 2.75) is 33.3 Å². The first-order valence-electron chi connectivity index (χ1n) is 6.68. The second-order valence-electron chi connectivity index (χ2n) is 4.94. The minimum Gasteiger partial charge on any atom is -0.488 e. The quantitative estimate of drug-likeness (QED) is 0.584. The van der Waals surface area contributed by atoms with Gasteiger partial charge in [-0.3, -0.25) is 0 Å². The van der Waals surface area contributed by atoms with E-state index < -0.39 is 0 Å². The summed E-state index contributed by atoms with van der Waals surface area (Å²) in [4.78, 5) is 0. The van der Waals surface area contributed by atoms with Crippen LogP contribution in [0.15, 0.2) is 62.3 Å². The Hall–Kier alpha value is -0.800. The number of hydrogen-bond donors (Lipinski definition) is 0. The molecule has 1 nitrogen and oxygen atoms in total. The van der Waals surface area contributed by atoms with Crippen molar-refractivity contribution in [3.8, 4) is 0 Å². The number of halogens is 2. The molecule has 0 heterocycles. The Morgan fingerprint density at radius 3 is 2.65 bits per heavy atom. The van der Waals surface area contributed by atoms with E-state index in [-0.39, 0.29) is 0 Å². The van der Waals surface area contributed by atoms with Crippen LogP contribution in [0, 0.1) is 0 Å². The Kier molecular flexibility index (Phi) is 5.67. The lowest BCUT2D eigenvalue weighted by molar-refractivity contribution is 0.208. The van der Waals surface area contributed by atoms with E-state index in [1.165, 1.54) is 11.1 Å². The largest absolute Gasteiger partial charge is 0.488 e. The van der Waals surface area contributed by atoms with Crippen LogP contribution in [-0.4, -0.2) is 0 Å². The van der Waals surface area contributed by atoms with E-state index >= 15 is 0 Å². The van der Waals surface area contributed by atoms with E-state index in [1.54, 1.807) is 0 Å². The summed E-state index contributed by atoms with van der Waals surface area (Å²) in [5, 5.41) is 0. The standard InChI is InChI=1S/C17H18Br2O/c1-12-6-5-9-17(16(19)10-13(12)2)20-11-14-7-3-4-8-15(14)18/h3-4,7-10H,5-6,11H2,1-2H3/b13-12-,16-10+,17-9+. The molecule has 0 saturated carbocycles. The highest BCUT2D eigenvalue weighted by molar-refractivity contribution is 9.12. The Morgan fingerprint density at radius 1 is 1.15 bits per heavy atom. The first-order valence-corrected chi connectivity index (χ1v) is 8.27. The maximum absolute atomic E-state index is 5.97. The SMILES string of the molecule is CC1=C(\C)CC\C=C(OCc2ccccc2Br)/C(Br)=C\1. The summed E-state index contributed by atoms with van der Waals surface area (Å²) in [5.74, 6) is 0.924. The van der Waals surface area contributed by atoms with E-state index in [9.17, 15) is 0 Å². The summed E-state index contributed by atoms with van der Waals surface area (Å²) in [6.07, 6.45) is 6.40. The highest BCUT2D eigenvalue weighted by Gasteiger charge is 2.09. The van der Waals surface area contributed by atoms with Gasteiger partial charge in [0.15, 0.2) is 0 Å². The lowest BCUT2D eigenvalue weighted by atomic mass is 10.0. The van der Waals surface area contributed by atoms with Gasteiger partial charge >= 0.3 is 0 Å². The topological polar surface area (TPSA) is 9.23 Å². The van der Waals surface area contributed by atoms with Gasteiger partial charge < -0.3 is 4.74 Å². The highest BCUT2D eigenvalue weighted by Crippen LogP contribution is 2.28. The number of hydrogen-bond acceptors (Lipinski definition) is 1. The van der Waals surface area contributed by atoms with Crippen LogP contribution in [0.5, 0.6) is 0 Å². The van der Waals surface area contributed by atoms with Crippen molar-refractivity contribution >= 4 is 31.9 Å². The van der Waals surface area contributed by atoms with Crippen molar-refractivity contribution < 1.29 is 4.74 Å². The molecule has 1 aliphatic rings. The summed E-state index contributed by atoms with van der Waals surface area (Å²) in [7, 11) is 0. The second-order valence-corrected chi connectivity index (χ2v) is 6.65. The van der Waals surface area contributed by atoms with Gasteiger partial charge in [-0.15, -0.1) is 0 Å². The average Bonchev–Trinajstić information content (AvgIpc) is 2.42. The van der Waals surface area contributed by atoms with Crippen molar-refractivity contribution in [1.82, 2.24) is 0 Å². The maximum Gasteiger partial charge on any atom is 0.130 e. The van der Waals surface area contributed by atoms with E-state index in [1.807, 2.05) is 18.2 Å². The molecule has 3 heteroatoms. The molecule has 2 rings (SSSR count). The first-order chi connectivity index (χ1) is 9.58. The van der Waals surface area contributed by atoms with Gasteiger partial charge in [-0.25, -0.2) is 0 Å². The molecule has 0 atom stereocenters. The molecule has 0 aliphatic heterocycles. The van der Waals surface area contributed by atoms with Crippen LogP contribution in [0.3, 0.4) is 0 Å². The van der Waals surface area contributed by atoms with E-state index in [4.69, 9.17) is 4.74 Å². The predicted molar refractivity (Wildman–Crippen MR) is 91.6 cm³/mol. The van der Waals surface area contributed by atoms with Crippen molar-refractivity contribution in [3.63, 3.8) is 0 Å². The van der Waals surface area contributed by atoms with Gasteiger partial charge in [0.1, 0.15) is 12.4 Å². The van der Waals surface area contributed by atoms with Gasteiger partial charge in [-0.05, 0) is 60.8 Å². The predicted octanol–water partition coefficient (Wildman–Crippen LogP) is 6.26. The van der Waals surface area contributed by atoms with Gasteiger partial charge in [-0.2, -0.15) is 0 Å². The maximum atomic E-state index is 5.97. The van der Waals surface area contributed by atoms with E-state index in [2.05, 4.69) is 63.9 Å². The van der Waals surface area contributed by atoms with E-state index in [0.29, 0.717) is 6.61 Å². The van der Waals surface area contributed by atoms with Crippen molar-refractivity contribution in [3.05, 3.63) is 67.8 Å². The number of benzene rings is 1. The van der Waals surface area contributed by atoms with Crippen molar-refractivity contribution in [2.75, 3.05) is 0 Å². The normalized spacial score (nSPS) is 25.0. The minimum atomic E-state index is 0.567. The first kappa shape index (κ1) is 15.6. The van der Waals surface area contributed by atoms with Crippen LogP contribution < -0.4 is 0 Å². The number of rotatable bonds is 3. The molecule has 0 radical (unpaired) electrons. The molecule has 0 saturated heterocycles. The molecule has 0 bridgehead atoms. The van der Waals surface area contributed by atoms with Gasteiger partial charge in [-0.1, -0.05) is 45.3 Å². The summed E-state index contributed by atoms with van der Waals surface area (Å²) >= 11 is 7.17. The molecular formula is C17H18Br2O. The van der Waals surface area contributed by atoms with Crippen LogP contribution in [0.1, 0.15) is 32.3 Å². The zero-order valence-electron chi connectivity index (χ0n) is 11.7. The lowest BCUT2D eigenvalue weighted by Gasteiger charge is -2.14. The Morgan fingerprint density at radius 2 is 1.90 bits per heavy atom. The zero-order chi connectivity index (χ0) is 14.5. The summed E-state index contributed by atoms with van der Waals surface area (Å²) in [5.41, 5.74) is 3.90. The molecule has 106 valence electrons. The fourth-order valence-corrected chi connectivity index (χ4v) is 3.02. The summed E-state index contributed by atoms with van der Waals surface area (Å²) in [6.45, 7) is 4.90. The fourth-order valence-electron chi connectivity index (χ4n) is 2.00. The second kappa shape index (κ2) is 7.28. The molecule has 0 amide bonds. The van der Waals surface area contributed by atoms with Crippen LogP contribution in [0.2, 0.25) is 0 Å². The molecule has 0 fully saturated rings. The Balaban J connectivity index is 2.11. The minimum absolute atomic E-state index is 0.567. The fraction of sp³-hybridized carbons (Fsp3) is 0.294. The van der Waals surface area contributed by atoms with Crippen LogP contribution in [0.4, 0.5) is 0 Å². The monoisotopic (exact) mass is 396 g/mol. The third kappa shape index (κ3) is 4.10. The smallest absolute Gasteiger partial charge is 0.130 e. The van der Waals surface area contributed by atoms with Gasteiger partial charge in [0, 0.05) is 10.0 Å². The van der Waals surface area contributed by atoms with Crippen LogP contribution in [0.25, 0.3) is 0 Å². The molecule has 1 aromatic carbocycles. The molecule has 0 spiro atoms. The molecule has 0 N–H and O–H groups in total. The average molecular weight is 398 g/mol. The van der Waals surface area contributed by atoms with Gasteiger partial charge in [0.05, 0.1) is 4.48 Å². The van der Waals surface area contributed by atoms with Gasteiger partial charge in [0.2, 0.25) is 0 Å². The number of ether oxygens (including phenoxy) is 1. The summed E-state index contributed by atoms with van der Waals surface area (Å²) in [6, 6.07) is 8.14. The molecule has 0 unspecified atom stereocenters. The zero-order valence-corrected chi connectivity index (χ0v) is 14.9. The summed E-state index contributed by atoms with van der Waals surface area (Å²) < 4.78 is 8.07. The molecule has 20 heavy (non-hydrogen) atoms. The Bertz CT molecular complexity index is 582. The van der Waals surface area contributed by atoms with Crippen LogP contribution in [-0.2, 0) is 11.3 Å². The molecule has 1 aromatic rings. The molecule has 0 aromatic heterocycles. The highest BCUT2D eigenvalue weighted by atomic mass is 79.9.